The Morgan fingerprint density at radius 2 is 0.697 bits per heavy atom. The summed E-state index contributed by atoms with van der Waals surface area (Å²) in [6, 6.07) is 0. The molecule has 0 aliphatic heterocycles. The molecule has 0 unspecified atom stereocenters. The van der Waals surface area contributed by atoms with Crippen LogP contribution in [-0.2, 0) is 12.3 Å². The van der Waals surface area contributed by atoms with E-state index in [4.69, 9.17) is 4.42 Å². The molecule has 0 saturated carbocycles. The first-order valence-corrected chi connectivity index (χ1v) is 19.6. The zero-order chi connectivity index (χ0) is 24.4. The predicted molar refractivity (Wildman–Crippen MR) is 154 cm³/mol. The summed E-state index contributed by atoms with van der Waals surface area (Å²) in [5, 5.41) is 9.36. The minimum atomic E-state index is -1.05. The molecule has 194 valence electrons. The van der Waals surface area contributed by atoms with Gasteiger partial charge < -0.3 is 4.42 Å². The average Bonchev–Trinajstić information content (AvgIpc) is 3.26. The van der Waals surface area contributed by atoms with Crippen LogP contribution < -0.4 is 0 Å². The van der Waals surface area contributed by atoms with E-state index in [0.29, 0.717) is 0 Å². The minimum absolute atomic E-state index is 0.973. The summed E-state index contributed by atoms with van der Waals surface area (Å²) in [5.41, 5.74) is 0. The molecule has 0 aliphatic rings. The Bertz CT molecular complexity index is 498. The third-order valence-electron chi connectivity index (χ3n) is 7.37. The van der Waals surface area contributed by atoms with Gasteiger partial charge in [-0.2, -0.15) is 0 Å². The van der Waals surface area contributed by atoms with Crippen molar-refractivity contribution < 1.29 is 4.42 Å². The van der Waals surface area contributed by atoms with Gasteiger partial charge in [-0.25, -0.2) is 0 Å². The minimum Gasteiger partial charge on any atom is -0.418 e. The maximum absolute atomic E-state index is 6.51. The maximum Gasteiger partial charge on any atom is 0.253 e. The van der Waals surface area contributed by atoms with E-state index in [2.05, 4.69) is 51.7 Å². The molecular weight excluding hydrogens is 442 g/mol. The molecule has 0 spiro atoms. The topological polar surface area (TPSA) is 38.9 Å². The molecule has 0 bridgehead atoms. The van der Waals surface area contributed by atoms with E-state index in [0.717, 1.165) is 24.1 Å². The fourth-order valence-corrected chi connectivity index (χ4v) is 14.7. The first-order valence-electron chi connectivity index (χ1n) is 14.5. The smallest absolute Gasteiger partial charge is 0.253 e. The molecule has 33 heavy (non-hydrogen) atoms. The number of aromatic nitrogens is 2. The molecule has 0 amide bonds. The zero-order valence-corrected chi connectivity index (χ0v) is 25.1. The number of rotatable bonds is 22. The van der Waals surface area contributed by atoms with Crippen molar-refractivity contribution >= 4 is 14.5 Å². The van der Waals surface area contributed by atoms with Crippen LogP contribution >= 0.6 is 14.5 Å². The molecule has 0 fully saturated rings. The quantitative estimate of drug-likeness (QED) is 0.149. The SMILES string of the molecule is CCCC[P+](CCCC)(CCCC)Cc1nnc(C[P+](CCCC)(CCCC)CCCC)o1. The summed E-state index contributed by atoms with van der Waals surface area (Å²) in [5.74, 6) is 1.95. The van der Waals surface area contributed by atoms with Crippen LogP contribution in [0.2, 0.25) is 0 Å². The van der Waals surface area contributed by atoms with E-state index < -0.39 is 14.5 Å². The molecule has 5 heteroatoms. The van der Waals surface area contributed by atoms with E-state index in [1.165, 1.54) is 114 Å². The molecule has 0 saturated heterocycles. The highest BCUT2D eigenvalue weighted by Crippen LogP contribution is 2.64. The van der Waals surface area contributed by atoms with Gasteiger partial charge >= 0.3 is 0 Å². The fourth-order valence-electron chi connectivity index (χ4n) is 5.10. The Morgan fingerprint density at radius 3 is 0.909 bits per heavy atom. The second-order valence-corrected chi connectivity index (χ2v) is 19.2. The first kappa shape index (κ1) is 31.0. The molecule has 0 radical (unpaired) electrons. The van der Waals surface area contributed by atoms with Gasteiger partial charge in [0, 0.05) is 14.5 Å². The average molecular weight is 501 g/mol. The van der Waals surface area contributed by atoms with Crippen molar-refractivity contribution in [3.05, 3.63) is 11.8 Å². The fraction of sp³-hybridized carbons (Fsp3) is 0.929. The molecule has 1 rings (SSSR count). The van der Waals surface area contributed by atoms with E-state index in [1.807, 2.05) is 0 Å². The van der Waals surface area contributed by atoms with Crippen LogP contribution in [-0.4, -0.2) is 47.2 Å². The monoisotopic (exact) mass is 500 g/mol. The van der Waals surface area contributed by atoms with Gasteiger partial charge in [-0.15, -0.1) is 10.2 Å². The lowest BCUT2D eigenvalue weighted by molar-refractivity contribution is 0.478. The van der Waals surface area contributed by atoms with Crippen molar-refractivity contribution in [2.75, 3.05) is 37.0 Å². The molecular formula is C28H58N2OP2+2. The molecule has 1 heterocycles. The van der Waals surface area contributed by atoms with Crippen molar-refractivity contribution in [3.8, 4) is 0 Å². The second kappa shape index (κ2) is 18.3. The van der Waals surface area contributed by atoms with Crippen LogP contribution in [0.15, 0.2) is 4.42 Å². The van der Waals surface area contributed by atoms with Gasteiger partial charge in [-0.05, 0) is 38.5 Å². The van der Waals surface area contributed by atoms with Crippen LogP contribution in [0.4, 0.5) is 0 Å². The Balaban J connectivity index is 3.06. The van der Waals surface area contributed by atoms with Crippen LogP contribution in [0.1, 0.15) is 130 Å². The molecule has 0 aliphatic carbocycles. The number of nitrogens with zero attached hydrogens (tertiary/aromatic N) is 2. The molecule has 0 N–H and O–H groups in total. The second-order valence-electron chi connectivity index (χ2n) is 10.6. The highest BCUT2D eigenvalue weighted by molar-refractivity contribution is 7.75. The summed E-state index contributed by atoms with van der Waals surface area (Å²) >= 11 is 0. The summed E-state index contributed by atoms with van der Waals surface area (Å²) in [6.45, 7) is 14.0. The Kier molecular flexibility index (Phi) is 17.2. The molecule has 0 atom stereocenters. The van der Waals surface area contributed by atoms with Crippen molar-refractivity contribution in [2.45, 2.75) is 131 Å². The van der Waals surface area contributed by atoms with E-state index in [1.54, 1.807) is 0 Å². The van der Waals surface area contributed by atoms with Crippen LogP contribution in [0.5, 0.6) is 0 Å². The summed E-state index contributed by atoms with van der Waals surface area (Å²) < 4.78 is 6.51. The van der Waals surface area contributed by atoms with Crippen molar-refractivity contribution in [2.24, 2.45) is 0 Å². The summed E-state index contributed by atoms with van der Waals surface area (Å²) in [6.07, 6.45) is 26.7. The third kappa shape index (κ3) is 12.0. The predicted octanol–water partition coefficient (Wildman–Crippen LogP) is 9.91. The highest BCUT2D eigenvalue weighted by atomic mass is 31.2. The van der Waals surface area contributed by atoms with Crippen LogP contribution in [0.25, 0.3) is 0 Å². The Hall–Kier alpha value is -0.0000000000000000555. The normalized spacial score (nSPS) is 12.5. The lowest BCUT2D eigenvalue weighted by Crippen LogP contribution is -2.12. The van der Waals surface area contributed by atoms with Gasteiger partial charge in [0.25, 0.3) is 11.8 Å². The summed E-state index contributed by atoms with van der Waals surface area (Å²) in [4.78, 5) is 0. The highest BCUT2D eigenvalue weighted by Gasteiger charge is 2.40. The Morgan fingerprint density at radius 1 is 0.455 bits per heavy atom. The van der Waals surface area contributed by atoms with Gasteiger partial charge in [0.05, 0.1) is 37.0 Å². The lowest BCUT2D eigenvalue weighted by Gasteiger charge is -2.27. The molecule has 3 nitrogen and oxygen atoms in total. The standard InChI is InChI=1S/C28H58N2OP2/c1-7-13-19-32(20-14-8-2,21-15-9-3)25-27-29-30-28(31-27)26-33(22-16-10-4,23-17-11-5)24-18-12-6/h7-26H2,1-6H3/q+2. The largest absolute Gasteiger partial charge is 0.418 e. The third-order valence-corrected chi connectivity index (χ3v) is 16.8. The van der Waals surface area contributed by atoms with Crippen molar-refractivity contribution in [3.63, 3.8) is 0 Å². The number of unbranched alkanes of at least 4 members (excludes halogenated alkanes) is 6. The zero-order valence-electron chi connectivity index (χ0n) is 23.3. The lowest BCUT2D eigenvalue weighted by atomic mass is 10.4. The number of hydrogen-bond acceptors (Lipinski definition) is 3. The van der Waals surface area contributed by atoms with Crippen LogP contribution in [0.3, 0.4) is 0 Å². The van der Waals surface area contributed by atoms with Crippen LogP contribution in [0, 0.1) is 0 Å². The van der Waals surface area contributed by atoms with Gasteiger partial charge in [0.15, 0.2) is 0 Å². The van der Waals surface area contributed by atoms with Gasteiger partial charge in [0.1, 0.15) is 12.3 Å². The maximum atomic E-state index is 6.51. The van der Waals surface area contributed by atoms with Crippen molar-refractivity contribution in [1.82, 2.24) is 10.2 Å². The van der Waals surface area contributed by atoms with E-state index >= 15 is 0 Å². The van der Waals surface area contributed by atoms with E-state index in [-0.39, 0.29) is 0 Å². The Labute approximate surface area is 208 Å². The van der Waals surface area contributed by atoms with Crippen molar-refractivity contribution in [1.29, 1.82) is 0 Å². The van der Waals surface area contributed by atoms with Gasteiger partial charge in [-0.1, -0.05) is 80.1 Å². The molecule has 0 aromatic carbocycles. The molecule has 1 aromatic rings. The number of hydrogen-bond donors (Lipinski definition) is 0. The molecule has 1 aromatic heterocycles. The first-order chi connectivity index (χ1) is 16.0. The van der Waals surface area contributed by atoms with Gasteiger partial charge in [-0.3, -0.25) is 0 Å². The van der Waals surface area contributed by atoms with E-state index in [9.17, 15) is 0 Å². The van der Waals surface area contributed by atoms with Gasteiger partial charge in [0.2, 0.25) is 0 Å². The summed E-state index contributed by atoms with van der Waals surface area (Å²) in [7, 11) is -2.09.